The highest BCUT2D eigenvalue weighted by molar-refractivity contribution is 5.98. The van der Waals surface area contributed by atoms with Crippen molar-refractivity contribution in [3.63, 3.8) is 0 Å². The lowest BCUT2D eigenvalue weighted by molar-refractivity contribution is -0.156. The molecule has 1 fully saturated rings. The van der Waals surface area contributed by atoms with E-state index in [1.165, 1.54) is 11.1 Å². The van der Waals surface area contributed by atoms with Crippen LogP contribution in [0.25, 0.3) is 0 Å². The first kappa shape index (κ1) is 13.1. The molecule has 98 valence electrons. The monoisotopic (exact) mass is 248 g/mol. The van der Waals surface area contributed by atoms with Crippen LogP contribution in [0.3, 0.4) is 0 Å². The fraction of sp³-hybridized carbons (Fsp3) is 0.500. The maximum absolute atomic E-state index is 12.4. The van der Waals surface area contributed by atoms with E-state index in [0.717, 1.165) is 5.69 Å². The van der Waals surface area contributed by atoms with Gasteiger partial charge in [-0.2, -0.15) is 0 Å². The largest absolute Gasteiger partial charge is 0.379 e. The summed E-state index contributed by atoms with van der Waals surface area (Å²) in [5.74, 6) is 0.0412. The van der Waals surface area contributed by atoms with Crippen LogP contribution in [0.4, 0.5) is 5.69 Å². The molecule has 0 bridgehead atoms. The normalized spacial score (nSPS) is 17.1. The molecule has 1 aliphatic heterocycles. The molecule has 18 heavy (non-hydrogen) atoms. The summed E-state index contributed by atoms with van der Waals surface area (Å²) >= 11 is 0. The van der Waals surface area contributed by atoms with Crippen LogP contribution in [0.2, 0.25) is 0 Å². The Hall–Kier alpha value is -1.39. The van der Waals surface area contributed by atoms with Crippen LogP contribution in [0.5, 0.6) is 0 Å². The molecule has 1 aromatic rings. The lowest BCUT2D eigenvalue weighted by atomic mass is 9.84. The third-order valence-corrected chi connectivity index (χ3v) is 3.78. The highest BCUT2D eigenvalue weighted by Crippen LogP contribution is 2.30. The van der Waals surface area contributed by atoms with Gasteiger partial charge in [-0.05, 0) is 37.1 Å². The molecule has 1 aliphatic rings. The molecule has 0 radical (unpaired) electrons. The summed E-state index contributed by atoms with van der Waals surface area (Å²) in [6, 6.07) is 6.02. The minimum atomic E-state index is -0.520. The first-order valence-electron chi connectivity index (χ1n) is 6.13. The maximum Gasteiger partial charge on any atom is 0.238 e. The van der Waals surface area contributed by atoms with Crippen molar-refractivity contribution in [1.29, 1.82) is 0 Å². The molecule has 4 nitrogen and oxygen atoms in total. The molecule has 0 spiro atoms. The quantitative estimate of drug-likeness (QED) is 0.875. The fourth-order valence-corrected chi connectivity index (χ4v) is 2.08. The van der Waals surface area contributed by atoms with Gasteiger partial charge in [0.05, 0.1) is 13.2 Å². The van der Waals surface area contributed by atoms with E-state index >= 15 is 0 Å². The van der Waals surface area contributed by atoms with E-state index < -0.39 is 5.41 Å². The molecule has 0 unspecified atom stereocenters. The third kappa shape index (κ3) is 2.02. The molecule has 0 atom stereocenters. The first-order valence-corrected chi connectivity index (χ1v) is 6.13. The zero-order valence-electron chi connectivity index (χ0n) is 11.2. The van der Waals surface area contributed by atoms with Crippen LogP contribution in [-0.2, 0) is 9.53 Å². The number of aryl methyl sites for hydroxylation is 2. The van der Waals surface area contributed by atoms with Crippen LogP contribution in [-0.4, -0.2) is 32.7 Å². The van der Waals surface area contributed by atoms with E-state index in [9.17, 15) is 4.79 Å². The van der Waals surface area contributed by atoms with Crippen molar-refractivity contribution < 1.29 is 9.53 Å². The zero-order valence-corrected chi connectivity index (χ0v) is 11.2. The van der Waals surface area contributed by atoms with Crippen molar-refractivity contribution in [2.24, 2.45) is 11.1 Å². The summed E-state index contributed by atoms with van der Waals surface area (Å²) in [6.07, 6.45) is 0. The Labute approximate surface area is 108 Å². The number of nitrogens with two attached hydrogens (primary N) is 1. The number of carbonyl (C=O) groups is 1. The predicted octanol–water partition coefficient (Wildman–Crippen LogP) is 1.24. The van der Waals surface area contributed by atoms with Gasteiger partial charge >= 0.3 is 0 Å². The SMILES string of the molecule is Cc1ccc(N(C)C(=O)C2(CN)COC2)cc1C. The summed E-state index contributed by atoms with van der Waals surface area (Å²) in [6.45, 7) is 5.29. The smallest absolute Gasteiger partial charge is 0.238 e. The second-order valence-electron chi connectivity index (χ2n) is 5.11. The van der Waals surface area contributed by atoms with Crippen molar-refractivity contribution in [2.75, 3.05) is 31.7 Å². The number of ether oxygens (including phenoxy) is 1. The Balaban J connectivity index is 2.22. The average Bonchev–Trinajstić information content (AvgIpc) is 2.31. The predicted molar refractivity (Wildman–Crippen MR) is 71.6 cm³/mol. The molecule has 1 aromatic carbocycles. The number of rotatable bonds is 3. The summed E-state index contributed by atoms with van der Waals surface area (Å²) < 4.78 is 5.15. The highest BCUT2D eigenvalue weighted by atomic mass is 16.5. The van der Waals surface area contributed by atoms with Gasteiger partial charge in [-0.3, -0.25) is 4.79 Å². The van der Waals surface area contributed by atoms with E-state index in [1.807, 2.05) is 25.1 Å². The van der Waals surface area contributed by atoms with Crippen molar-refractivity contribution in [1.82, 2.24) is 0 Å². The molecule has 0 aliphatic carbocycles. The van der Waals surface area contributed by atoms with Gasteiger partial charge in [-0.1, -0.05) is 6.07 Å². The summed E-state index contributed by atoms with van der Waals surface area (Å²) in [5.41, 5.74) is 8.50. The van der Waals surface area contributed by atoms with Crippen LogP contribution in [0.15, 0.2) is 18.2 Å². The van der Waals surface area contributed by atoms with Crippen molar-refractivity contribution in [3.8, 4) is 0 Å². The second-order valence-corrected chi connectivity index (χ2v) is 5.11. The number of anilines is 1. The topological polar surface area (TPSA) is 55.6 Å². The van der Waals surface area contributed by atoms with Gasteiger partial charge in [0.15, 0.2) is 0 Å². The third-order valence-electron chi connectivity index (χ3n) is 3.78. The first-order chi connectivity index (χ1) is 8.50. The second kappa shape index (κ2) is 4.71. The number of hydrogen-bond acceptors (Lipinski definition) is 3. The van der Waals surface area contributed by atoms with Gasteiger partial charge in [0.1, 0.15) is 5.41 Å². The molecule has 0 aromatic heterocycles. The number of amides is 1. The maximum atomic E-state index is 12.4. The average molecular weight is 248 g/mol. The molecule has 4 heteroatoms. The minimum absolute atomic E-state index is 0.0412. The van der Waals surface area contributed by atoms with Gasteiger partial charge < -0.3 is 15.4 Å². The van der Waals surface area contributed by atoms with E-state index in [4.69, 9.17) is 10.5 Å². The summed E-state index contributed by atoms with van der Waals surface area (Å²) in [4.78, 5) is 14.1. The zero-order chi connectivity index (χ0) is 13.3. The molecule has 1 saturated heterocycles. The van der Waals surface area contributed by atoms with Crippen molar-refractivity contribution in [2.45, 2.75) is 13.8 Å². The molecule has 2 rings (SSSR count). The number of carbonyl (C=O) groups excluding carboxylic acids is 1. The Morgan fingerprint density at radius 2 is 2.06 bits per heavy atom. The van der Waals surface area contributed by atoms with Crippen LogP contribution >= 0.6 is 0 Å². The van der Waals surface area contributed by atoms with E-state index in [2.05, 4.69) is 6.92 Å². The van der Waals surface area contributed by atoms with Crippen molar-refractivity contribution >= 4 is 11.6 Å². The molecule has 0 saturated carbocycles. The molecule has 1 amide bonds. The summed E-state index contributed by atoms with van der Waals surface area (Å²) in [5, 5.41) is 0. The van der Waals surface area contributed by atoms with Crippen LogP contribution in [0.1, 0.15) is 11.1 Å². The molecule has 1 heterocycles. The van der Waals surface area contributed by atoms with Crippen LogP contribution in [0, 0.1) is 19.3 Å². The van der Waals surface area contributed by atoms with Gasteiger partial charge in [-0.25, -0.2) is 0 Å². The summed E-state index contributed by atoms with van der Waals surface area (Å²) in [7, 11) is 1.79. The number of hydrogen-bond donors (Lipinski definition) is 1. The Bertz CT molecular complexity index is 461. The Morgan fingerprint density at radius 3 is 2.50 bits per heavy atom. The van der Waals surface area contributed by atoms with Gasteiger partial charge in [0.25, 0.3) is 0 Å². The van der Waals surface area contributed by atoms with E-state index in [0.29, 0.717) is 19.8 Å². The number of nitrogens with zero attached hydrogens (tertiary/aromatic N) is 1. The molecular weight excluding hydrogens is 228 g/mol. The lowest BCUT2D eigenvalue weighted by Crippen LogP contribution is -2.58. The highest BCUT2D eigenvalue weighted by Gasteiger charge is 2.46. The van der Waals surface area contributed by atoms with Crippen LogP contribution < -0.4 is 10.6 Å². The Morgan fingerprint density at radius 1 is 1.39 bits per heavy atom. The lowest BCUT2D eigenvalue weighted by Gasteiger charge is -2.41. The van der Waals surface area contributed by atoms with Gasteiger partial charge in [-0.15, -0.1) is 0 Å². The number of benzene rings is 1. The van der Waals surface area contributed by atoms with E-state index in [-0.39, 0.29) is 5.91 Å². The fourth-order valence-electron chi connectivity index (χ4n) is 2.08. The van der Waals surface area contributed by atoms with E-state index in [1.54, 1.807) is 11.9 Å². The van der Waals surface area contributed by atoms with Crippen molar-refractivity contribution in [3.05, 3.63) is 29.3 Å². The standard InChI is InChI=1S/C14H20N2O2/c1-10-4-5-12(6-11(10)2)16(3)13(17)14(7-15)8-18-9-14/h4-6H,7-9,15H2,1-3H3. The Kier molecular flexibility index (Phi) is 3.41. The minimum Gasteiger partial charge on any atom is -0.379 e. The van der Waals surface area contributed by atoms with Gasteiger partial charge in [0.2, 0.25) is 5.91 Å². The molecular formula is C14H20N2O2. The van der Waals surface area contributed by atoms with Gasteiger partial charge in [0, 0.05) is 19.3 Å². The molecule has 2 N–H and O–H groups in total.